The lowest BCUT2D eigenvalue weighted by molar-refractivity contribution is -0.402. The van der Waals surface area contributed by atoms with E-state index in [4.69, 9.17) is 16.0 Å². The van der Waals surface area contributed by atoms with Crippen LogP contribution in [0.4, 0.5) is 5.88 Å². The molecule has 2 aromatic rings. The van der Waals surface area contributed by atoms with Gasteiger partial charge in [0, 0.05) is 16.2 Å². The molecule has 1 aromatic carbocycles. The van der Waals surface area contributed by atoms with Gasteiger partial charge in [0.1, 0.15) is 10.7 Å². The average molecular weight is 278 g/mol. The molecule has 2 rings (SSSR count). The number of rotatable bonds is 4. The van der Waals surface area contributed by atoms with Crippen LogP contribution >= 0.6 is 11.6 Å². The highest BCUT2D eigenvalue weighted by molar-refractivity contribution is 6.34. The molecule has 1 aromatic heterocycles. The van der Waals surface area contributed by atoms with Gasteiger partial charge in [-0.1, -0.05) is 29.8 Å². The number of nitro groups is 1. The van der Waals surface area contributed by atoms with Crippen molar-refractivity contribution in [3.05, 3.63) is 62.9 Å². The lowest BCUT2D eigenvalue weighted by atomic mass is 10.1. The second-order valence-electron chi connectivity index (χ2n) is 3.63. The summed E-state index contributed by atoms with van der Waals surface area (Å²) in [6.07, 6.45) is 2.02. The zero-order valence-corrected chi connectivity index (χ0v) is 10.3. The Labute approximate surface area is 113 Å². The number of hydrogen-bond acceptors (Lipinski definition) is 4. The minimum Gasteiger partial charge on any atom is -0.401 e. The fraction of sp³-hybridized carbons (Fsp3) is 0. The van der Waals surface area contributed by atoms with Crippen molar-refractivity contribution in [2.75, 3.05) is 0 Å². The highest BCUT2D eigenvalue weighted by Gasteiger charge is 2.12. The molecule has 6 heteroatoms. The summed E-state index contributed by atoms with van der Waals surface area (Å²) in [4.78, 5) is 20.9. The predicted molar refractivity (Wildman–Crippen MR) is 70.7 cm³/mol. The summed E-state index contributed by atoms with van der Waals surface area (Å²) >= 11 is 5.98. The molecule has 1 heterocycles. The van der Waals surface area contributed by atoms with Crippen LogP contribution in [0.5, 0.6) is 0 Å². The standard InChI is InChI=1S/C13H8ClNO4/c14-12-4-2-1-3-11(12)9(8-16)7-10-5-6-13(19-10)15(17)18/h1-8H/b9-7+. The fourth-order valence-electron chi connectivity index (χ4n) is 1.54. The highest BCUT2D eigenvalue weighted by Crippen LogP contribution is 2.25. The van der Waals surface area contributed by atoms with Crippen molar-refractivity contribution >= 4 is 35.4 Å². The molecular weight excluding hydrogens is 270 g/mol. The fourth-order valence-corrected chi connectivity index (χ4v) is 1.79. The number of furan rings is 1. The summed E-state index contributed by atoms with van der Waals surface area (Å²) in [5, 5.41) is 10.9. The molecule has 0 saturated heterocycles. The minimum absolute atomic E-state index is 0.216. The van der Waals surface area contributed by atoms with Crippen molar-refractivity contribution in [2.24, 2.45) is 0 Å². The largest absolute Gasteiger partial charge is 0.433 e. The van der Waals surface area contributed by atoms with E-state index in [1.807, 2.05) is 0 Å². The van der Waals surface area contributed by atoms with Gasteiger partial charge >= 0.3 is 5.88 Å². The molecule has 0 unspecified atom stereocenters. The van der Waals surface area contributed by atoms with E-state index in [1.54, 1.807) is 24.3 Å². The summed E-state index contributed by atoms with van der Waals surface area (Å²) in [5.41, 5.74) is 0.827. The second kappa shape index (κ2) is 5.49. The Bertz CT molecular complexity index is 660. The summed E-state index contributed by atoms with van der Waals surface area (Å²) < 4.78 is 4.96. The Morgan fingerprint density at radius 1 is 1.26 bits per heavy atom. The van der Waals surface area contributed by atoms with Gasteiger partial charge in [-0.3, -0.25) is 14.9 Å². The van der Waals surface area contributed by atoms with Crippen molar-refractivity contribution in [1.82, 2.24) is 0 Å². The lowest BCUT2D eigenvalue weighted by Gasteiger charge is -2.01. The Balaban J connectivity index is 2.41. The Morgan fingerprint density at radius 2 is 2.00 bits per heavy atom. The first-order valence-electron chi connectivity index (χ1n) is 5.28. The monoisotopic (exact) mass is 277 g/mol. The van der Waals surface area contributed by atoms with Crippen LogP contribution in [-0.2, 0) is 4.79 Å². The minimum atomic E-state index is -0.645. The topological polar surface area (TPSA) is 73.3 Å². The van der Waals surface area contributed by atoms with Crippen LogP contribution < -0.4 is 0 Å². The van der Waals surface area contributed by atoms with Gasteiger partial charge in [0.15, 0.2) is 6.29 Å². The van der Waals surface area contributed by atoms with Crippen molar-refractivity contribution in [1.29, 1.82) is 0 Å². The average Bonchev–Trinajstić information content (AvgIpc) is 2.86. The molecule has 19 heavy (non-hydrogen) atoms. The smallest absolute Gasteiger partial charge is 0.401 e. The Kier molecular flexibility index (Phi) is 3.77. The molecule has 0 spiro atoms. The molecular formula is C13H8ClNO4. The summed E-state index contributed by atoms with van der Waals surface area (Å²) in [7, 11) is 0. The van der Waals surface area contributed by atoms with E-state index in [-0.39, 0.29) is 17.2 Å². The van der Waals surface area contributed by atoms with E-state index < -0.39 is 4.92 Å². The molecule has 0 amide bonds. The first-order chi connectivity index (χ1) is 9.11. The number of carbonyl (C=O) groups is 1. The number of nitrogens with zero attached hydrogens (tertiary/aromatic N) is 1. The molecule has 0 atom stereocenters. The van der Waals surface area contributed by atoms with Crippen LogP contribution in [0.25, 0.3) is 11.6 Å². The van der Waals surface area contributed by atoms with Crippen LogP contribution in [-0.4, -0.2) is 11.2 Å². The third kappa shape index (κ3) is 2.89. The number of benzene rings is 1. The molecule has 0 aliphatic rings. The van der Waals surface area contributed by atoms with E-state index in [0.29, 0.717) is 16.9 Å². The molecule has 0 fully saturated rings. The Hall–Kier alpha value is -2.40. The maximum atomic E-state index is 11.1. The molecule has 0 aliphatic carbocycles. The quantitative estimate of drug-likeness (QED) is 0.370. The lowest BCUT2D eigenvalue weighted by Crippen LogP contribution is -1.87. The maximum absolute atomic E-state index is 11.1. The number of hydrogen-bond donors (Lipinski definition) is 0. The van der Waals surface area contributed by atoms with Gasteiger partial charge in [-0.2, -0.15) is 0 Å². The van der Waals surface area contributed by atoms with Gasteiger partial charge < -0.3 is 4.42 Å². The van der Waals surface area contributed by atoms with Crippen molar-refractivity contribution in [3.63, 3.8) is 0 Å². The number of halogens is 1. The summed E-state index contributed by atoms with van der Waals surface area (Å²) in [6.45, 7) is 0. The Morgan fingerprint density at radius 3 is 2.58 bits per heavy atom. The first-order valence-corrected chi connectivity index (χ1v) is 5.65. The van der Waals surface area contributed by atoms with Gasteiger partial charge in [0.2, 0.25) is 0 Å². The molecule has 5 nitrogen and oxygen atoms in total. The molecule has 96 valence electrons. The zero-order chi connectivity index (χ0) is 13.8. The van der Waals surface area contributed by atoms with Crippen LogP contribution in [0.1, 0.15) is 11.3 Å². The van der Waals surface area contributed by atoms with Gasteiger partial charge in [0.05, 0.1) is 6.07 Å². The normalized spacial score (nSPS) is 11.3. The SMILES string of the molecule is O=C/C(=C\c1ccc([N+](=O)[O-])o1)c1ccccc1Cl. The van der Waals surface area contributed by atoms with E-state index in [0.717, 1.165) is 0 Å². The number of carbonyl (C=O) groups excluding carboxylic acids is 1. The first kappa shape index (κ1) is 13.0. The van der Waals surface area contributed by atoms with E-state index in [9.17, 15) is 14.9 Å². The van der Waals surface area contributed by atoms with Crippen LogP contribution in [0.3, 0.4) is 0 Å². The molecule has 0 N–H and O–H groups in total. The molecule has 0 radical (unpaired) electrons. The molecule has 0 aliphatic heterocycles. The predicted octanol–water partition coefficient (Wildman–Crippen LogP) is 3.58. The number of aldehydes is 1. The van der Waals surface area contributed by atoms with Gasteiger partial charge in [0.25, 0.3) is 0 Å². The van der Waals surface area contributed by atoms with Crippen molar-refractivity contribution in [3.8, 4) is 0 Å². The van der Waals surface area contributed by atoms with Gasteiger partial charge in [-0.25, -0.2) is 0 Å². The van der Waals surface area contributed by atoms with Crippen LogP contribution in [0.2, 0.25) is 5.02 Å². The third-order valence-corrected chi connectivity index (χ3v) is 2.73. The second-order valence-corrected chi connectivity index (χ2v) is 4.04. The van der Waals surface area contributed by atoms with Crippen molar-refractivity contribution < 1.29 is 14.1 Å². The van der Waals surface area contributed by atoms with E-state index in [1.165, 1.54) is 18.2 Å². The maximum Gasteiger partial charge on any atom is 0.433 e. The molecule has 0 bridgehead atoms. The van der Waals surface area contributed by atoms with Crippen LogP contribution in [0, 0.1) is 10.1 Å². The van der Waals surface area contributed by atoms with Crippen molar-refractivity contribution in [2.45, 2.75) is 0 Å². The highest BCUT2D eigenvalue weighted by atomic mass is 35.5. The van der Waals surface area contributed by atoms with Gasteiger partial charge in [-0.05, 0) is 18.2 Å². The summed E-state index contributed by atoms with van der Waals surface area (Å²) in [5.74, 6) is -0.163. The number of allylic oxidation sites excluding steroid dienone is 1. The van der Waals surface area contributed by atoms with E-state index in [2.05, 4.69) is 0 Å². The third-order valence-electron chi connectivity index (χ3n) is 2.40. The van der Waals surface area contributed by atoms with Gasteiger partial charge in [-0.15, -0.1) is 0 Å². The zero-order valence-electron chi connectivity index (χ0n) is 9.58. The summed E-state index contributed by atoms with van der Waals surface area (Å²) in [6, 6.07) is 9.45. The van der Waals surface area contributed by atoms with E-state index >= 15 is 0 Å². The van der Waals surface area contributed by atoms with Crippen LogP contribution in [0.15, 0.2) is 40.8 Å². The molecule has 0 saturated carbocycles.